The molecule has 0 atom stereocenters. The molecule has 0 saturated carbocycles. The molecular formula is C16H18N2OS. The largest absolute Gasteiger partial charge is 0.298 e. The number of rotatable bonds is 4. The summed E-state index contributed by atoms with van der Waals surface area (Å²) in [6.45, 7) is 6.09. The van der Waals surface area contributed by atoms with Crippen LogP contribution >= 0.6 is 11.3 Å². The van der Waals surface area contributed by atoms with Crippen molar-refractivity contribution in [2.24, 2.45) is 0 Å². The van der Waals surface area contributed by atoms with Crippen molar-refractivity contribution in [1.82, 2.24) is 4.98 Å². The highest BCUT2D eigenvalue weighted by Crippen LogP contribution is 2.26. The molecule has 1 N–H and O–H groups in total. The van der Waals surface area contributed by atoms with E-state index < -0.39 is 0 Å². The molecular weight excluding hydrogens is 268 g/mol. The summed E-state index contributed by atoms with van der Waals surface area (Å²) >= 11 is 1.52. The van der Waals surface area contributed by atoms with Gasteiger partial charge >= 0.3 is 0 Å². The fraction of sp³-hybridized carbons (Fsp3) is 0.250. The van der Waals surface area contributed by atoms with Gasteiger partial charge in [0.05, 0.1) is 0 Å². The first-order chi connectivity index (χ1) is 9.61. The Kier molecular flexibility index (Phi) is 4.69. The predicted molar refractivity (Wildman–Crippen MR) is 84.9 cm³/mol. The lowest BCUT2D eigenvalue weighted by Crippen LogP contribution is -2.13. The molecule has 0 saturated heterocycles. The lowest BCUT2D eigenvalue weighted by molar-refractivity contribution is -0.111. The lowest BCUT2D eigenvalue weighted by atomic mass is 10.1. The Labute approximate surface area is 123 Å². The van der Waals surface area contributed by atoms with Gasteiger partial charge in [0.15, 0.2) is 5.13 Å². The monoisotopic (exact) mass is 286 g/mol. The summed E-state index contributed by atoms with van der Waals surface area (Å²) in [5, 5.41) is 3.51. The zero-order valence-electron chi connectivity index (χ0n) is 11.9. The van der Waals surface area contributed by atoms with Crippen molar-refractivity contribution in [1.29, 1.82) is 0 Å². The zero-order valence-corrected chi connectivity index (χ0v) is 12.7. The maximum atomic E-state index is 12.3. The number of hydrogen-bond acceptors (Lipinski definition) is 3. The van der Waals surface area contributed by atoms with Crippen LogP contribution in [0.1, 0.15) is 37.1 Å². The molecule has 0 radical (unpaired) electrons. The Bertz CT molecular complexity index is 614. The van der Waals surface area contributed by atoms with Crippen LogP contribution in [0, 0.1) is 0 Å². The molecule has 104 valence electrons. The number of nitrogens with one attached hydrogen (secondary N) is 1. The van der Waals surface area contributed by atoms with Gasteiger partial charge in [-0.3, -0.25) is 10.1 Å². The molecule has 0 spiro atoms. The van der Waals surface area contributed by atoms with Crippen molar-refractivity contribution >= 4 is 27.9 Å². The van der Waals surface area contributed by atoms with Gasteiger partial charge in [0, 0.05) is 16.6 Å². The first kappa shape index (κ1) is 14.5. The molecule has 0 aliphatic heterocycles. The quantitative estimate of drug-likeness (QED) is 0.851. The first-order valence-electron chi connectivity index (χ1n) is 6.60. The molecule has 3 nitrogen and oxygen atoms in total. The number of nitrogens with zero attached hydrogens (tertiary/aromatic N) is 1. The van der Waals surface area contributed by atoms with Crippen molar-refractivity contribution in [2.75, 3.05) is 5.32 Å². The second-order valence-electron chi connectivity index (χ2n) is 4.74. The number of allylic oxidation sites excluding steroid dienone is 1. The third-order valence-corrected chi connectivity index (χ3v) is 4.14. The summed E-state index contributed by atoms with van der Waals surface area (Å²) in [6, 6.07) is 9.63. The van der Waals surface area contributed by atoms with Crippen molar-refractivity contribution in [3.8, 4) is 0 Å². The molecule has 20 heavy (non-hydrogen) atoms. The zero-order chi connectivity index (χ0) is 14.5. The normalized spacial score (nSPS) is 11.7. The molecule has 0 fully saturated rings. The summed E-state index contributed by atoms with van der Waals surface area (Å²) in [5.41, 5.74) is 1.57. The highest BCUT2D eigenvalue weighted by atomic mass is 32.1. The van der Waals surface area contributed by atoms with Crippen LogP contribution in [-0.4, -0.2) is 10.9 Å². The van der Waals surface area contributed by atoms with Crippen LogP contribution in [0.4, 0.5) is 5.13 Å². The van der Waals surface area contributed by atoms with Crippen LogP contribution in [0.5, 0.6) is 0 Å². The van der Waals surface area contributed by atoms with Gasteiger partial charge in [-0.1, -0.05) is 50.3 Å². The summed E-state index contributed by atoms with van der Waals surface area (Å²) in [4.78, 5) is 17.7. The van der Waals surface area contributed by atoms with Crippen LogP contribution in [0.2, 0.25) is 0 Å². The van der Waals surface area contributed by atoms with E-state index in [1.165, 1.54) is 16.2 Å². The number of carbonyl (C=O) groups excluding carboxylic acids is 1. The maximum Gasteiger partial charge on any atom is 0.257 e. The number of anilines is 1. The van der Waals surface area contributed by atoms with Gasteiger partial charge in [0.2, 0.25) is 0 Å². The van der Waals surface area contributed by atoms with E-state index in [-0.39, 0.29) is 5.91 Å². The highest BCUT2D eigenvalue weighted by molar-refractivity contribution is 7.15. The van der Waals surface area contributed by atoms with Crippen molar-refractivity contribution in [3.05, 3.63) is 53.0 Å². The SMILES string of the molecule is C/C=C(/C(=O)Nc1ncc(C(C)C)s1)c1ccccc1. The Balaban J connectivity index is 2.14. The third-order valence-electron chi connectivity index (χ3n) is 2.93. The van der Waals surface area contributed by atoms with Crippen LogP contribution < -0.4 is 5.32 Å². The standard InChI is InChI=1S/C16H18N2OS/c1-4-13(12-8-6-5-7-9-12)15(19)18-16-17-10-14(20-16)11(2)3/h4-11H,1-3H3,(H,17,18,19)/b13-4+. The molecule has 1 aromatic heterocycles. The molecule has 1 amide bonds. The van der Waals surface area contributed by atoms with E-state index >= 15 is 0 Å². The molecule has 2 aromatic rings. The van der Waals surface area contributed by atoms with Crippen molar-refractivity contribution in [2.45, 2.75) is 26.7 Å². The molecule has 0 aliphatic carbocycles. The Hall–Kier alpha value is -1.94. The highest BCUT2D eigenvalue weighted by Gasteiger charge is 2.13. The Morgan fingerprint density at radius 1 is 1.30 bits per heavy atom. The van der Waals surface area contributed by atoms with Crippen LogP contribution in [-0.2, 0) is 4.79 Å². The topological polar surface area (TPSA) is 42.0 Å². The van der Waals surface area contributed by atoms with Gasteiger partial charge < -0.3 is 0 Å². The first-order valence-corrected chi connectivity index (χ1v) is 7.42. The van der Waals surface area contributed by atoms with Gasteiger partial charge in [-0.15, -0.1) is 11.3 Å². The Morgan fingerprint density at radius 2 is 2.00 bits per heavy atom. The maximum absolute atomic E-state index is 12.3. The number of aromatic nitrogens is 1. The smallest absolute Gasteiger partial charge is 0.257 e. The molecule has 2 rings (SSSR count). The minimum atomic E-state index is -0.122. The second kappa shape index (κ2) is 6.48. The summed E-state index contributed by atoms with van der Waals surface area (Å²) in [5.74, 6) is 0.303. The summed E-state index contributed by atoms with van der Waals surface area (Å²) < 4.78 is 0. The van der Waals surface area contributed by atoms with E-state index in [1.807, 2.05) is 49.5 Å². The molecule has 0 bridgehead atoms. The Morgan fingerprint density at radius 3 is 2.55 bits per heavy atom. The average molecular weight is 286 g/mol. The number of hydrogen-bond donors (Lipinski definition) is 1. The molecule has 0 aliphatic rings. The number of thiazole rings is 1. The van der Waals surface area contributed by atoms with E-state index in [2.05, 4.69) is 24.1 Å². The van der Waals surface area contributed by atoms with E-state index in [1.54, 1.807) is 0 Å². The predicted octanol–water partition coefficient (Wildman–Crippen LogP) is 4.31. The third kappa shape index (κ3) is 3.33. The molecule has 0 unspecified atom stereocenters. The van der Waals surface area contributed by atoms with Crippen LogP contribution in [0.15, 0.2) is 42.6 Å². The summed E-state index contributed by atoms with van der Waals surface area (Å²) in [6.07, 6.45) is 3.64. The van der Waals surface area contributed by atoms with Crippen LogP contribution in [0.25, 0.3) is 5.57 Å². The molecule has 1 aromatic carbocycles. The number of carbonyl (C=O) groups is 1. The average Bonchev–Trinajstić information content (AvgIpc) is 2.89. The van der Waals surface area contributed by atoms with Gasteiger partial charge in [-0.05, 0) is 18.4 Å². The summed E-state index contributed by atoms with van der Waals surface area (Å²) in [7, 11) is 0. The van der Waals surface area contributed by atoms with E-state index in [0.717, 1.165) is 5.56 Å². The van der Waals surface area contributed by atoms with E-state index in [4.69, 9.17) is 0 Å². The number of amides is 1. The van der Waals surface area contributed by atoms with Crippen molar-refractivity contribution in [3.63, 3.8) is 0 Å². The molecule has 1 heterocycles. The van der Waals surface area contributed by atoms with Gasteiger partial charge in [-0.2, -0.15) is 0 Å². The minimum Gasteiger partial charge on any atom is -0.298 e. The lowest BCUT2D eigenvalue weighted by Gasteiger charge is -2.06. The fourth-order valence-corrected chi connectivity index (χ4v) is 2.64. The molecule has 4 heteroatoms. The van der Waals surface area contributed by atoms with Crippen molar-refractivity contribution < 1.29 is 4.79 Å². The van der Waals surface area contributed by atoms with E-state index in [0.29, 0.717) is 16.6 Å². The van der Waals surface area contributed by atoms with Crippen LogP contribution in [0.3, 0.4) is 0 Å². The minimum absolute atomic E-state index is 0.122. The van der Waals surface area contributed by atoms with Gasteiger partial charge in [0.25, 0.3) is 5.91 Å². The van der Waals surface area contributed by atoms with Gasteiger partial charge in [0.1, 0.15) is 0 Å². The fourth-order valence-electron chi connectivity index (χ4n) is 1.82. The number of benzene rings is 1. The second-order valence-corrected chi connectivity index (χ2v) is 5.81. The van der Waals surface area contributed by atoms with Gasteiger partial charge in [-0.25, -0.2) is 4.98 Å². The van der Waals surface area contributed by atoms with E-state index in [9.17, 15) is 4.79 Å².